The molecule has 0 radical (unpaired) electrons. The number of amides is 1. The van der Waals surface area contributed by atoms with E-state index in [0.29, 0.717) is 6.42 Å². The molecule has 6 heteroatoms. The molecule has 0 aliphatic rings. The van der Waals surface area contributed by atoms with Gasteiger partial charge in [0, 0.05) is 23.6 Å². The third-order valence-corrected chi connectivity index (χ3v) is 4.41. The van der Waals surface area contributed by atoms with Gasteiger partial charge in [-0.2, -0.15) is 0 Å². The number of hydrogen-bond donors (Lipinski definition) is 1. The summed E-state index contributed by atoms with van der Waals surface area (Å²) in [7, 11) is -3.04. The van der Waals surface area contributed by atoms with Gasteiger partial charge >= 0.3 is 0 Å². The van der Waals surface area contributed by atoms with Crippen molar-refractivity contribution in [2.75, 3.05) is 12.0 Å². The van der Waals surface area contributed by atoms with Crippen molar-refractivity contribution < 1.29 is 13.2 Å². The van der Waals surface area contributed by atoms with Crippen molar-refractivity contribution in [1.82, 2.24) is 5.32 Å². The zero-order valence-corrected chi connectivity index (χ0v) is 12.3. The van der Waals surface area contributed by atoms with E-state index < -0.39 is 9.84 Å². The molecular weight excluding hydrogens is 270 g/mol. The molecule has 0 aliphatic carbocycles. The number of hydrogen-bond acceptors (Lipinski definition) is 4. The van der Waals surface area contributed by atoms with Crippen LogP contribution in [0.15, 0.2) is 17.5 Å². The predicted molar refractivity (Wildman–Crippen MR) is 74.6 cm³/mol. The Morgan fingerprint density at radius 3 is 2.78 bits per heavy atom. The summed E-state index contributed by atoms with van der Waals surface area (Å²) in [5.41, 5.74) is 0. The molecule has 0 saturated heterocycles. The van der Waals surface area contributed by atoms with Crippen LogP contribution in [0.5, 0.6) is 0 Å². The lowest BCUT2D eigenvalue weighted by atomic mass is 10.2. The Labute approximate surface area is 112 Å². The van der Waals surface area contributed by atoms with Crippen molar-refractivity contribution in [3.05, 3.63) is 22.4 Å². The molecule has 102 valence electrons. The highest BCUT2D eigenvalue weighted by atomic mass is 32.2. The zero-order valence-electron chi connectivity index (χ0n) is 10.7. The SMILES string of the molecule is CC(CS(C)(=O)=O)NC(=O)CCCc1cccs1. The highest BCUT2D eigenvalue weighted by molar-refractivity contribution is 7.90. The highest BCUT2D eigenvalue weighted by Crippen LogP contribution is 2.11. The number of nitrogens with one attached hydrogen (secondary N) is 1. The van der Waals surface area contributed by atoms with Crippen molar-refractivity contribution in [3.8, 4) is 0 Å². The average molecular weight is 289 g/mol. The summed E-state index contributed by atoms with van der Waals surface area (Å²) < 4.78 is 22.1. The number of carbonyl (C=O) groups excluding carboxylic acids is 1. The first-order valence-corrected chi connectivity index (χ1v) is 8.80. The van der Waals surface area contributed by atoms with Crippen LogP contribution in [0.1, 0.15) is 24.6 Å². The smallest absolute Gasteiger partial charge is 0.220 e. The van der Waals surface area contributed by atoms with E-state index in [9.17, 15) is 13.2 Å². The maximum absolute atomic E-state index is 11.6. The van der Waals surface area contributed by atoms with Gasteiger partial charge in [0.25, 0.3) is 0 Å². The number of carbonyl (C=O) groups is 1. The van der Waals surface area contributed by atoms with E-state index in [-0.39, 0.29) is 17.7 Å². The van der Waals surface area contributed by atoms with Crippen LogP contribution >= 0.6 is 11.3 Å². The zero-order chi connectivity index (χ0) is 13.6. The van der Waals surface area contributed by atoms with Crippen LogP contribution < -0.4 is 5.32 Å². The molecule has 1 heterocycles. The Kier molecular flexibility index (Phi) is 5.81. The van der Waals surface area contributed by atoms with Gasteiger partial charge in [-0.1, -0.05) is 6.07 Å². The van der Waals surface area contributed by atoms with Crippen LogP contribution in [0, 0.1) is 0 Å². The number of thiophene rings is 1. The van der Waals surface area contributed by atoms with Crippen LogP contribution in [0.4, 0.5) is 0 Å². The molecule has 0 aliphatic heterocycles. The number of sulfone groups is 1. The quantitative estimate of drug-likeness (QED) is 0.829. The second-order valence-corrected chi connectivity index (χ2v) is 7.71. The molecule has 1 atom stereocenters. The Morgan fingerprint density at radius 2 is 2.22 bits per heavy atom. The summed E-state index contributed by atoms with van der Waals surface area (Å²) in [6.07, 6.45) is 3.29. The molecule has 0 saturated carbocycles. The Hall–Kier alpha value is -0.880. The Bertz CT molecular complexity index is 466. The van der Waals surface area contributed by atoms with Gasteiger partial charge < -0.3 is 5.32 Å². The van der Waals surface area contributed by atoms with E-state index in [0.717, 1.165) is 12.8 Å². The molecule has 4 nitrogen and oxygen atoms in total. The topological polar surface area (TPSA) is 63.2 Å². The molecule has 1 aromatic rings. The van der Waals surface area contributed by atoms with Crippen LogP contribution in [-0.4, -0.2) is 32.4 Å². The third-order valence-electron chi connectivity index (χ3n) is 2.37. The Balaban J connectivity index is 2.21. The van der Waals surface area contributed by atoms with Gasteiger partial charge in [-0.25, -0.2) is 8.42 Å². The lowest BCUT2D eigenvalue weighted by Crippen LogP contribution is -2.37. The monoisotopic (exact) mass is 289 g/mol. The van der Waals surface area contributed by atoms with Gasteiger partial charge in [-0.05, 0) is 31.2 Å². The van der Waals surface area contributed by atoms with Crippen molar-refractivity contribution >= 4 is 27.1 Å². The van der Waals surface area contributed by atoms with E-state index in [4.69, 9.17) is 0 Å². The van der Waals surface area contributed by atoms with Crippen LogP contribution in [0.3, 0.4) is 0 Å². The minimum atomic E-state index is -3.04. The van der Waals surface area contributed by atoms with E-state index >= 15 is 0 Å². The van der Waals surface area contributed by atoms with Crippen molar-refractivity contribution in [1.29, 1.82) is 0 Å². The second kappa shape index (κ2) is 6.89. The Morgan fingerprint density at radius 1 is 1.50 bits per heavy atom. The van der Waals surface area contributed by atoms with Gasteiger partial charge in [-0.3, -0.25) is 4.79 Å². The number of rotatable bonds is 7. The summed E-state index contributed by atoms with van der Waals surface area (Å²) in [6.45, 7) is 1.71. The van der Waals surface area contributed by atoms with E-state index in [1.54, 1.807) is 18.3 Å². The number of aryl methyl sites for hydroxylation is 1. The average Bonchev–Trinajstić information content (AvgIpc) is 2.66. The maximum Gasteiger partial charge on any atom is 0.220 e. The standard InChI is InChI=1S/C12H19NO3S2/c1-10(9-18(2,15)16)13-12(14)7-3-5-11-6-4-8-17-11/h4,6,8,10H,3,5,7,9H2,1-2H3,(H,13,14). The fourth-order valence-corrected chi connectivity index (χ4v) is 3.46. The minimum Gasteiger partial charge on any atom is -0.353 e. The van der Waals surface area contributed by atoms with Gasteiger partial charge in [0.2, 0.25) is 5.91 Å². The van der Waals surface area contributed by atoms with Gasteiger partial charge in [0.1, 0.15) is 9.84 Å². The first-order valence-electron chi connectivity index (χ1n) is 5.86. The molecule has 0 aromatic carbocycles. The first kappa shape index (κ1) is 15.2. The molecule has 1 aromatic heterocycles. The summed E-state index contributed by atoms with van der Waals surface area (Å²) in [4.78, 5) is 12.8. The molecule has 0 fully saturated rings. The van der Waals surface area contributed by atoms with E-state index in [1.165, 1.54) is 11.1 Å². The lowest BCUT2D eigenvalue weighted by Gasteiger charge is -2.12. The predicted octanol–water partition coefficient (Wildman–Crippen LogP) is 1.62. The molecule has 0 bridgehead atoms. The van der Waals surface area contributed by atoms with Gasteiger partial charge in [-0.15, -0.1) is 11.3 Å². The molecule has 0 spiro atoms. The van der Waals surface area contributed by atoms with Crippen molar-refractivity contribution in [2.45, 2.75) is 32.2 Å². The molecular formula is C12H19NO3S2. The normalized spacial score (nSPS) is 13.2. The van der Waals surface area contributed by atoms with Crippen LogP contribution in [0.2, 0.25) is 0 Å². The molecule has 18 heavy (non-hydrogen) atoms. The maximum atomic E-state index is 11.6. The fourth-order valence-electron chi connectivity index (χ4n) is 1.72. The van der Waals surface area contributed by atoms with Crippen LogP contribution in [0.25, 0.3) is 0 Å². The lowest BCUT2D eigenvalue weighted by molar-refractivity contribution is -0.121. The van der Waals surface area contributed by atoms with Gasteiger partial charge in [0.05, 0.1) is 5.75 Å². The largest absolute Gasteiger partial charge is 0.353 e. The first-order chi connectivity index (χ1) is 8.37. The van der Waals surface area contributed by atoms with E-state index in [1.807, 2.05) is 11.4 Å². The summed E-state index contributed by atoms with van der Waals surface area (Å²) in [6, 6.07) is 3.72. The molecule has 1 amide bonds. The summed E-state index contributed by atoms with van der Waals surface area (Å²) in [5.74, 6) is -0.0911. The second-order valence-electron chi connectivity index (χ2n) is 4.49. The van der Waals surface area contributed by atoms with E-state index in [2.05, 4.69) is 11.4 Å². The van der Waals surface area contributed by atoms with Crippen molar-refractivity contribution in [2.24, 2.45) is 0 Å². The highest BCUT2D eigenvalue weighted by Gasteiger charge is 2.12. The molecule has 1 unspecified atom stereocenters. The summed E-state index contributed by atoms with van der Waals surface area (Å²) in [5, 5.41) is 4.72. The van der Waals surface area contributed by atoms with Gasteiger partial charge in [0.15, 0.2) is 0 Å². The molecule has 1 rings (SSSR count). The molecule has 1 N–H and O–H groups in total. The van der Waals surface area contributed by atoms with Crippen molar-refractivity contribution in [3.63, 3.8) is 0 Å². The fraction of sp³-hybridized carbons (Fsp3) is 0.583. The van der Waals surface area contributed by atoms with Crippen LogP contribution in [-0.2, 0) is 21.1 Å². The summed E-state index contributed by atoms with van der Waals surface area (Å²) >= 11 is 1.69. The minimum absolute atomic E-state index is 0.0103. The third kappa shape index (κ3) is 6.76.